The Bertz CT molecular complexity index is 908. The van der Waals surface area contributed by atoms with E-state index >= 15 is 0 Å². The number of amides is 4. The molecule has 0 saturated carbocycles. The van der Waals surface area contributed by atoms with Crippen LogP contribution in [0.3, 0.4) is 0 Å². The van der Waals surface area contributed by atoms with Gasteiger partial charge in [-0.3, -0.25) is 24.7 Å². The molecule has 0 saturated heterocycles. The highest BCUT2D eigenvalue weighted by molar-refractivity contribution is 6.04. The minimum absolute atomic E-state index is 0.0306. The highest BCUT2D eigenvalue weighted by atomic mass is 16.2. The number of nitrogens with one attached hydrogen (secondary N) is 4. The zero-order valence-electron chi connectivity index (χ0n) is 12.8. The molecule has 25 heavy (non-hydrogen) atoms. The number of nitrogens with zero attached hydrogens (tertiary/aromatic N) is 1. The standard InChI is InChI=1S/C15H14N6O4/c16-14(25)20-12(23)8-6-9(22)18-11-10(8)13(24)21-15(19-11)17-7-4-2-1-3-5-7/h1-5,8H,6H2,(H3,16,20,23,25)(H3,17,18,19,21,22,24)/t8-/m1/s1. The first-order chi connectivity index (χ1) is 11.9. The molecule has 1 atom stereocenters. The van der Waals surface area contributed by atoms with E-state index in [0.717, 1.165) is 0 Å². The number of aromatic amines is 1. The molecule has 0 spiro atoms. The smallest absolute Gasteiger partial charge is 0.318 e. The van der Waals surface area contributed by atoms with Crippen molar-refractivity contribution in [3.8, 4) is 0 Å². The van der Waals surface area contributed by atoms with Crippen LogP contribution in [0.15, 0.2) is 35.1 Å². The van der Waals surface area contributed by atoms with Crippen LogP contribution in [0.5, 0.6) is 0 Å². The minimum atomic E-state index is -1.15. The normalized spacial score (nSPS) is 15.7. The van der Waals surface area contributed by atoms with Gasteiger partial charge in [0, 0.05) is 12.1 Å². The summed E-state index contributed by atoms with van der Waals surface area (Å²) in [6, 6.07) is 7.89. The van der Waals surface area contributed by atoms with Gasteiger partial charge >= 0.3 is 6.03 Å². The van der Waals surface area contributed by atoms with Gasteiger partial charge in [-0.2, -0.15) is 4.98 Å². The molecular weight excluding hydrogens is 328 g/mol. The molecule has 6 N–H and O–H groups in total. The minimum Gasteiger partial charge on any atom is -0.351 e. The van der Waals surface area contributed by atoms with Crippen LogP contribution >= 0.6 is 0 Å². The Hall–Kier alpha value is -3.69. The van der Waals surface area contributed by atoms with E-state index < -0.39 is 29.3 Å². The van der Waals surface area contributed by atoms with Gasteiger partial charge in [-0.25, -0.2) is 4.79 Å². The second kappa shape index (κ2) is 6.43. The van der Waals surface area contributed by atoms with Crippen LogP contribution in [-0.2, 0) is 9.59 Å². The molecule has 4 amide bonds. The molecule has 0 unspecified atom stereocenters. The molecule has 0 aliphatic carbocycles. The Kier molecular flexibility index (Phi) is 4.16. The van der Waals surface area contributed by atoms with Gasteiger partial charge in [0.1, 0.15) is 5.82 Å². The first-order valence-corrected chi connectivity index (χ1v) is 7.30. The highest BCUT2D eigenvalue weighted by Crippen LogP contribution is 2.29. The fraction of sp³-hybridized carbons (Fsp3) is 0.133. The lowest BCUT2D eigenvalue weighted by Gasteiger charge is -2.23. The molecule has 3 rings (SSSR count). The third kappa shape index (κ3) is 3.47. The van der Waals surface area contributed by atoms with Gasteiger partial charge in [-0.1, -0.05) is 18.2 Å². The Labute approximate surface area is 140 Å². The van der Waals surface area contributed by atoms with E-state index in [1.165, 1.54) is 0 Å². The highest BCUT2D eigenvalue weighted by Gasteiger charge is 2.35. The van der Waals surface area contributed by atoms with Gasteiger partial charge in [-0.15, -0.1) is 0 Å². The van der Waals surface area contributed by atoms with Gasteiger partial charge in [0.15, 0.2) is 0 Å². The number of carbonyl (C=O) groups excluding carboxylic acids is 3. The molecule has 10 heteroatoms. The average Bonchev–Trinajstić information content (AvgIpc) is 2.54. The first-order valence-electron chi connectivity index (χ1n) is 7.30. The number of aromatic nitrogens is 2. The molecule has 1 aromatic heterocycles. The summed E-state index contributed by atoms with van der Waals surface area (Å²) in [5, 5.41) is 7.23. The molecule has 2 aromatic rings. The lowest BCUT2D eigenvalue weighted by molar-refractivity contribution is -0.125. The van der Waals surface area contributed by atoms with Crippen molar-refractivity contribution in [3.63, 3.8) is 0 Å². The van der Waals surface area contributed by atoms with E-state index in [1.807, 2.05) is 11.4 Å². The Morgan fingerprint density at radius 2 is 1.92 bits per heavy atom. The summed E-state index contributed by atoms with van der Waals surface area (Å²) in [6.07, 6.45) is -0.289. The molecular formula is C15H14N6O4. The molecule has 1 aromatic carbocycles. The van der Waals surface area contributed by atoms with E-state index in [9.17, 15) is 19.2 Å². The number of para-hydroxylation sites is 1. The Morgan fingerprint density at radius 1 is 1.20 bits per heavy atom. The fourth-order valence-electron chi connectivity index (χ4n) is 2.52. The number of nitrogens with two attached hydrogens (primary N) is 1. The summed E-state index contributed by atoms with van der Waals surface area (Å²) in [5.74, 6) is -2.42. The lowest BCUT2D eigenvalue weighted by Crippen LogP contribution is -2.43. The molecule has 0 bridgehead atoms. The maximum atomic E-state index is 12.4. The van der Waals surface area contributed by atoms with Crippen molar-refractivity contribution in [1.82, 2.24) is 15.3 Å². The maximum Gasteiger partial charge on any atom is 0.318 e. The number of anilines is 3. The van der Waals surface area contributed by atoms with Crippen molar-refractivity contribution in [2.75, 3.05) is 10.6 Å². The van der Waals surface area contributed by atoms with Crippen LogP contribution in [-0.4, -0.2) is 27.8 Å². The Morgan fingerprint density at radius 3 is 2.60 bits per heavy atom. The second-order valence-corrected chi connectivity index (χ2v) is 5.33. The Balaban J connectivity index is 1.97. The number of imide groups is 1. The van der Waals surface area contributed by atoms with E-state index in [0.29, 0.717) is 5.69 Å². The van der Waals surface area contributed by atoms with Crippen LogP contribution in [0.4, 0.5) is 22.2 Å². The topological polar surface area (TPSA) is 159 Å². The summed E-state index contributed by atoms with van der Waals surface area (Å²) >= 11 is 0. The zero-order chi connectivity index (χ0) is 18.0. The number of urea groups is 1. The largest absolute Gasteiger partial charge is 0.351 e. The van der Waals surface area contributed by atoms with Crippen LogP contribution in [0.2, 0.25) is 0 Å². The SMILES string of the molecule is NC(=O)NC(=O)[C@@H]1CC(=O)Nc2nc(Nc3ccccc3)[nH]c(=O)c21. The van der Waals surface area contributed by atoms with Crippen molar-refractivity contribution < 1.29 is 14.4 Å². The number of primary amides is 1. The summed E-state index contributed by atoms with van der Waals surface area (Å²) in [5.41, 5.74) is 4.96. The van der Waals surface area contributed by atoms with Crippen LogP contribution in [0, 0.1) is 0 Å². The van der Waals surface area contributed by atoms with Crippen molar-refractivity contribution in [2.24, 2.45) is 5.73 Å². The quantitative estimate of drug-likeness (QED) is 0.533. The number of rotatable bonds is 3. The molecule has 0 radical (unpaired) electrons. The second-order valence-electron chi connectivity index (χ2n) is 5.33. The van der Waals surface area contributed by atoms with Gasteiger partial charge in [-0.05, 0) is 12.1 Å². The summed E-state index contributed by atoms with van der Waals surface area (Å²) in [7, 11) is 0. The van der Waals surface area contributed by atoms with E-state index in [1.54, 1.807) is 24.3 Å². The molecule has 1 aliphatic rings. The number of H-pyrrole nitrogens is 1. The van der Waals surface area contributed by atoms with Crippen molar-refractivity contribution in [3.05, 3.63) is 46.2 Å². The number of hydrogen-bond donors (Lipinski definition) is 5. The lowest BCUT2D eigenvalue weighted by atomic mass is 9.92. The summed E-state index contributed by atoms with van der Waals surface area (Å²) in [6.45, 7) is 0. The summed E-state index contributed by atoms with van der Waals surface area (Å²) < 4.78 is 0. The average molecular weight is 342 g/mol. The molecule has 2 heterocycles. The molecule has 10 nitrogen and oxygen atoms in total. The van der Waals surface area contributed by atoms with Crippen LogP contribution in [0.1, 0.15) is 17.9 Å². The van der Waals surface area contributed by atoms with Gasteiger partial charge < -0.3 is 16.4 Å². The number of fused-ring (bicyclic) bond motifs is 1. The number of benzene rings is 1. The third-order valence-electron chi connectivity index (χ3n) is 3.55. The van der Waals surface area contributed by atoms with E-state index in [4.69, 9.17) is 5.73 Å². The monoisotopic (exact) mass is 342 g/mol. The summed E-state index contributed by atoms with van der Waals surface area (Å²) in [4.78, 5) is 53.8. The number of carbonyl (C=O) groups is 3. The maximum absolute atomic E-state index is 12.4. The fourth-order valence-corrected chi connectivity index (χ4v) is 2.52. The first kappa shape index (κ1) is 16.2. The van der Waals surface area contributed by atoms with Crippen molar-refractivity contribution in [1.29, 1.82) is 0 Å². The predicted molar refractivity (Wildman–Crippen MR) is 88.3 cm³/mol. The predicted octanol–water partition coefficient (Wildman–Crippen LogP) is 0.134. The zero-order valence-corrected chi connectivity index (χ0v) is 12.8. The molecule has 0 fully saturated rings. The van der Waals surface area contributed by atoms with Crippen LogP contribution < -0.4 is 27.2 Å². The van der Waals surface area contributed by atoms with Crippen molar-refractivity contribution >= 4 is 35.3 Å². The van der Waals surface area contributed by atoms with E-state index in [-0.39, 0.29) is 23.8 Å². The molecule has 1 aliphatic heterocycles. The molecule has 128 valence electrons. The number of hydrogen-bond acceptors (Lipinski definition) is 6. The van der Waals surface area contributed by atoms with Gasteiger partial charge in [0.25, 0.3) is 5.56 Å². The van der Waals surface area contributed by atoms with Gasteiger partial charge in [0.2, 0.25) is 17.8 Å². The van der Waals surface area contributed by atoms with Gasteiger partial charge in [0.05, 0.1) is 11.5 Å². The van der Waals surface area contributed by atoms with Crippen molar-refractivity contribution in [2.45, 2.75) is 12.3 Å². The third-order valence-corrected chi connectivity index (χ3v) is 3.55. The van der Waals surface area contributed by atoms with Crippen LogP contribution in [0.25, 0.3) is 0 Å². The van der Waals surface area contributed by atoms with E-state index in [2.05, 4.69) is 20.6 Å².